The molecule has 0 saturated carbocycles. The number of nitrogens with one attached hydrogen (secondary N) is 1. The van der Waals surface area contributed by atoms with E-state index in [1.807, 2.05) is 17.0 Å². The summed E-state index contributed by atoms with van der Waals surface area (Å²) >= 11 is 0. The number of amidine groups is 1. The van der Waals surface area contributed by atoms with Crippen LogP contribution in [-0.4, -0.2) is 18.3 Å². The number of carbonyl (C=O) groups is 1. The van der Waals surface area contributed by atoms with Gasteiger partial charge in [0.2, 0.25) is 5.91 Å². The highest BCUT2D eigenvalue weighted by atomic mass is 16.1. The van der Waals surface area contributed by atoms with Crippen molar-refractivity contribution in [3.05, 3.63) is 58.7 Å². The van der Waals surface area contributed by atoms with Gasteiger partial charge in [0.15, 0.2) is 0 Å². The average molecular weight is 352 g/mol. The predicted molar refractivity (Wildman–Crippen MR) is 108 cm³/mol. The van der Waals surface area contributed by atoms with E-state index in [4.69, 9.17) is 16.9 Å². The van der Waals surface area contributed by atoms with E-state index in [2.05, 4.69) is 39.8 Å². The first kappa shape index (κ1) is 19.5. The Hall–Kier alpha value is -2.82. The lowest BCUT2D eigenvalue weighted by Crippen LogP contribution is -2.30. The lowest BCUT2D eigenvalue weighted by molar-refractivity contribution is -0.116. The van der Waals surface area contributed by atoms with E-state index in [1.165, 1.54) is 11.1 Å². The Morgan fingerprint density at radius 1 is 1.08 bits per heavy atom. The van der Waals surface area contributed by atoms with Gasteiger partial charge >= 0.3 is 0 Å². The van der Waals surface area contributed by atoms with Crippen LogP contribution in [-0.2, 0) is 11.2 Å². The second-order valence-corrected chi connectivity index (χ2v) is 7.18. The van der Waals surface area contributed by atoms with Crippen LogP contribution in [0.5, 0.6) is 0 Å². The highest BCUT2D eigenvalue weighted by Crippen LogP contribution is 2.31. The zero-order chi connectivity index (χ0) is 19.4. The standard InChI is InChI=1S/C21H28N4O/c1-13(2)9-17-10-15(4)19(11-14(17)3)25(12-20(22)26)18-7-5-16(6-8-18)21(23)24/h5-8,10-11,13H,9,12H2,1-4H3,(H2,22,26)(H3,23,24). The molecule has 26 heavy (non-hydrogen) atoms. The molecule has 0 unspecified atom stereocenters. The summed E-state index contributed by atoms with van der Waals surface area (Å²) in [5.74, 6) is 0.201. The van der Waals surface area contributed by atoms with Crippen LogP contribution in [0.2, 0.25) is 0 Å². The van der Waals surface area contributed by atoms with Crippen LogP contribution in [0.25, 0.3) is 0 Å². The van der Waals surface area contributed by atoms with Gasteiger partial charge in [-0.25, -0.2) is 0 Å². The Balaban J connectivity index is 2.48. The summed E-state index contributed by atoms with van der Waals surface area (Å²) in [7, 11) is 0. The summed E-state index contributed by atoms with van der Waals surface area (Å²) in [5.41, 5.74) is 17.1. The normalized spacial score (nSPS) is 10.8. The van der Waals surface area contributed by atoms with E-state index < -0.39 is 5.91 Å². The molecule has 5 nitrogen and oxygen atoms in total. The highest BCUT2D eigenvalue weighted by Gasteiger charge is 2.16. The maximum Gasteiger partial charge on any atom is 0.237 e. The maximum atomic E-state index is 11.7. The van der Waals surface area contributed by atoms with Gasteiger partial charge in [0.25, 0.3) is 0 Å². The smallest absolute Gasteiger partial charge is 0.237 e. The molecule has 0 spiro atoms. The van der Waals surface area contributed by atoms with Crippen molar-refractivity contribution in [2.24, 2.45) is 17.4 Å². The predicted octanol–water partition coefficient (Wildman–Crippen LogP) is 3.41. The van der Waals surface area contributed by atoms with E-state index in [0.29, 0.717) is 11.5 Å². The third-order valence-electron chi connectivity index (χ3n) is 4.38. The van der Waals surface area contributed by atoms with Crippen LogP contribution in [0.15, 0.2) is 36.4 Å². The average Bonchev–Trinajstić information content (AvgIpc) is 2.55. The summed E-state index contributed by atoms with van der Waals surface area (Å²) in [6, 6.07) is 11.6. The van der Waals surface area contributed by atoms with Crippen molar-refractivity contribution in [3.63, 3.8) is 0 Å². The van der Waals surface area contributed by atoms with E-state index in [-0.39, 0.29) is 12.4 Å². The Morgan fingerprint density at radius 2 is 1.69 bits per heavy atom. The quantitative estimate of drug-likeness (QED) is 0.526. The molecule has 5 heteroatoms. The van der Waals surface area contributed by atoms with Crippen LogP contribution >= 0.6 is 0 Å². The number of primary amides is 1. The summed E-state index contributed by atoms with van der Waals surface area (Å²) in [6.07, 6.45) is 1.02. The van der Waals surface area contributed by atoms with Gasteiger partial charge in [0, 0.05) is 16.9 Å². The molecular formula is C21H28N4O. The zero-order valence-electron chi connectivity index (χ0n) is 16.0. The van der Waals surface area contributed by atoms with Gasteiger partial charge in [-0.2, -0.15) is 0 Å². The first-order chi connectivity index (χ1) is 12.2. The molecule has 138 valence electrons. The molecule has 0 aliphatic carbocycles. The van der Waals surface area contributed by atoms with Crippen LogP contribution < -0.4 is 16.4 Å². The van der Waals surface area contributed by atoms with Gasteiger partial charge in [0.1, 0.15) is 12.4 Å². The number of rotatable bonds is 7. The van der Waals surface area contributed by atoms with Crippen molar-refractivity contribution in [3.8, 4) is 0 Å². The Morgan fingerprint density at radius 3 is 2.19 bits per heavy atom. The second-order valence-electron chi connectivity index (χ2n) is 7.18. The Bertz CT molecular complexity index is 810. The van der Waals surface area contributed by atoms with Gasteiger partial charge in [0.05, 0.1) is 0 Å². The first-order valence-corrected chi connectivity index (χ1v) is 8.79. The molecular weight excluding hydrogens is 324 g/mol. The number of nitrogen functional groups attached to an aromatic ring is 1. The topological polar surface area (TPSA) is 96.2 Å². The maximum absolute atomic E-state index is 11.7. The Kier molecular flexibility index (Phi) is 6.03. The minimum Gasteiger partial charge on any atom is -0.384 e. The van der Waals surface area contributed by atoms with E-state index in [9.17, 15) is 4.79 Å². The molecule has 0 atom stereocenters. The number of benzene rings is 2. The fourth-order valence-electron chi connectivity index (χ4n) is 3.10. The van der Waals surface area contributed by atoms with Gasteiger partial charge in [-0.05, 0) is 73.2 Å². The molecule has 2 aromatic rings. The fraction of sp³-hybridized carbons (Fsp3) is 0.333. The third kappa shape index (κ3) is 4.63. The molecule has 0 radical (unpaired) electrons. The monoisotopic (exact) mass is 352 g/mol. The Labute approximate surface area is 155 Å². The third-order valence-corrected chi connectivity index (χ3v) is 4.38. The molecule has 2 rings (SSSR count). The van der Waals surface area contributed by atoms with Gasteiger partial charge < -0.3 is 16.4 Å². The molecule has 0 aliphatic rings. The molecule has 0 bridgehead atoms. The van der Waals surface area contributed by atoms with E-state index in [1.54, 1.807) is 12.1 Å². The minimum absolute atomic E-state index is 0.0167. The summed E-state index contributed by atoms with van der Waals surface area (Å²) in [4.78, 5) is 13.6. The minimum atomic E-state index is -0.399. The van der Waals surface area contributed by atoms with E-state index >= 15 is 0 Å². The van der Waals surface area contributed by atoms with Crippen LogP contribution in [0.3, 0.4) is 0 Å². The molecule has 0 fully saturated rings. The van der Waals surface area contributed by atoms with Crippen molar-refractivity contribution < 1.29 is 4.79 Å². The SMILES string of the molecule is Cc1cc(N(CC(N)=O)c2ccc(C(=N)N)cc2)c(C)cc1CC(C)C. The summed E-state index contributed by atoms with van der Waals surface area (Å²) in [6.45, 7) is 8.65. The number of aryl methyl sites for hydroxylation is 2. The number of nitrogens with two attached hydrogens (primary N) is 2. The molecule has 5 N–H and O–H groups in total. The molecule has 2 aromatic carbocycles. The van der Waals surface area contributed by atoms with Crippen LogP contribution in [0.1, 0.15) is 36.1 Å². The largest absolute Gasteiger partial charge is 0.384 e. The fourth-order valence-corrected chi connectivity index (χ4v) is 3.10. The van der Waals surface area contributed by atoms with Crippen molar-refractivity contribution in [1.29, 1.82) is 5.41 Å². The number of amides is 1. The number of hydrogen-bond acceptors (Lipinski definition) is 3. The summed E-state index contributed by atoms with van der Waals surface area (Å²) < 4.78 is 0. The summed E-state index contributed by atoms with van der Waals surface area (Å²) in [5, 5.41) is 7.52. The van der Waals surface area contributed by atoms with Crippen molar-refractivity contribution in [1.82, 2.24) is 0 Å². The molecule has 0 saturated heterocycles. The van der Waals surface area contributed by atoms with Crippen LogP contribution in [0, 0.1) is 25.2 Å². The van der Waals surface area contributed by atoms with Gasteiger partial charge in [-0.15, -0.1) is 0 Å². The lowest BCUT2D eigenvalue weighted by Gasteiger charge is -2.27. The molecule has 0 heterocycles. The molecule has 0 aromatic heterocycles. The lowest BCUT2D eigenvalue weighted by atomic mass is 9.95. The van der Waals surface area contributed by atoms with E-state index in [0.717, 1.165) is 23.4 Å². The zero-order valence-corrected chi connectivity index (χ0v) is 16.0. The number of anilines is 2. The highest BCUT2D eigenvalue weighted by molar-refractivity contribution is 5.95. The van der Waals surface area contributed by atoms with Crippen molar-refractivity contribution >= 4 is 23.1 Å². The first-order valence-electron chi connectivity index (χ1n) is 8.79. The van der Waals surface area contributed by atoms with Crippen LogP contribution in [0.4, 0.5) is 11.4 Å². The van der Waals surface area contributed by atoms with Gasteiger partial charge in [-0.1, -0.05) is 19.9 Å². The van der Waals surface area contributed by atoms with Gasteiger partial charge in [-0.3, -0.25) is 10.2 Å². The molecule has 0 aliphatic heterocycles. The number of hydrogen-bond donors (Lipinski definition) is 3. The number of nitrogens with zero attached hydrogens (tertiary/aromatic N) is 1. The van der Waals surface area contributed by atoms with Crippen molar-refractivity contribution in [2.45, 2.75) is 34.1 Å². The number of carbonyl (C=O) groups excluding carboxylic acids is 1. The molecule has 1 amide bonds. The van der Waals surface area contributed by atoms with Crippen molar-refractivity contribution in [2.75, 3.05) is 11.4 Å². The second kappa shape index (κ2) is 8.04.